The maximum Gasteiger partial charge on any atom is 0.253 e. The lowest BCUT2D eigenvalue weighted by Gasteiger charge is -2.18. The van der Waals surface area contributed by atoms with Crippen molar-refractivity contribution in [2.24, 2.45) is 0 Å². The average Bonchev–Trinajstić information content (AvgIpc) is 3.22. The summed E-state index contributed by atoms with van der Waals surface area (Å²) >= 11 is 0. The number of nitrogens with one attached hydrogen (secondary N) is 2. The van der Waals surface area contributed by atoms with Crippen LogP contribution in [-0.2, 0) is 4.79 Å². The number of pyridine rings is 1. The summed E-state index contributed by atoms with van der Waals surface area (Å²) in [7, 11) is 0. The third-order valence-corrected chi connectivity index (χ3v) is 5.04. The molecular weight excluding hydrogens is 364 g/mol. The van der Waals surface area contributed by atoms with E-state index in [0.29, 0.717) is 24.3 Å². The van der Waals surface area contributed by atoms with Gasteiger partial charge < -0.3 is 15.5 Å². The second-order valence-electron chi connectivity index (χ2n) is 7.07. The molecule has 6 heteroatoms. The van der Waals surface area contributed by atoms with E-state index in [1.807, 2.05) is 35.4 Å². The highest BCUT2D eigenvalue weighted by Gasteiger charge is 2.27. The van der Waals surface area contributed by atoms with E-state index < -0.39 is 0 Å². The Morgan fingerprint density at radius 3 is 2.62 bits per heavy atom. The monoisotopic (exact) mass is 386 g/mol. The van der Waals surface area contributed by atoms with Crippen molar-refractivity contribution >= 4 is 34.1 Å². The zero-order valence-electron chi connectivity index (χ0n) is 16.0. The molecule has 0 radical (unpaired) electrons. The van der Waals surface area contributed by atoms with Gasteiger partial charge in [-0.25, -0.2) is 4.98 Å². The van der Waals surface area contributed by atoms with E-state index in [1.165, 1.54) is 6.08 Å². The van der Waals surface area contributed by atoms with Crippen LogP contribution >= 0.6 is 0 Å². The summed E-state index contributed by atoms with van der Waals surface area (Å²) in [6, 6.07) is 17.2. The minimum Gasteiger partial charge on any atom is -0.365 e. The van der Waals surface area contributed by atoms with Gasteiger partial charge in [0.25, 0.3) is 5.91 Å². The lowest BCUT2D eigenvalue weighted by Crippen LogP contribution is -2.31. The molecule has 2 aromatic carbocycles. The summed E-state index contributed by atoms with van der Waals surface area (Å²) in [4.78, 5) is 30.5. The maximum atomic E-state index is 12.8. The van der Waals surface area contributed by atoms with Crippen LogP contribution in [0.15, 0.2) is 73.4 Å². The summed E-state index contributed by atoms with van der Waals surface area (Å²) in [6.45, 7) is 4.74. The minimum absolute atomic E-state index is 0.0117. The van der Waals surface area contributed by atoms with Gasteiger partial charge in [-0.1, -0.05) is 30.8 Å². The summed E-state index contributed by atoms with van der Waals surface area (Å²) < 4.78 is 0. The van der Waals surface area contributed by atoms with Gasteiger partial charge in [-0.15, -0.1) is 0 Å². The quantitative estimate of drug-likeness (QED) is 0.656. The molecule has 0 spiro atoms. The Kier molecular flexibility index (Phi) is 5.24. The van der Waals surface area contributed by atoms with Crippen molar-refractivity contribution in [2.75, 3.05) is 23.7 Å². The van der Waals surface area contributed by atoms with E-state index in [4.69, 9.17) is 0 Å². The van der Waals surface area contributed by atoms with Gasteiger partial charge in [-0.3, -0.25) is 9.59 Å². The van der Waals surface area contributed by atoms with Crippen molar-refractivity contribution in [2.45, 2.75) is 12.5 Å². The van der Waals surface area contributed by atoms with Crippen LogP contribution in [0.1, 0.15) is 16.8 Å². The van der Waals surface area contributed by atoms with Gasteiger partial charge in [0.2, 0.25) is 5.91 Å². The summed E-state index contributed by atoms with van der Waals surface area (Å²) in [5.74, 6) is 0.535. The van der Waals surface area contributed by atoms with Crippen molar-refractivity contribution in [3.63, 3.8) is 0 Å². The number of hydrogen-bond donors (Lipinski definition) is 2. The number of nitrogens with zero attached hydrogens (tertiary/aromatic N) is 2. The molecule has 2 amide bonds. The lowest BCUT2D eigenvalue weighted by molar-refractivity contribution is -0.111. The maximum absolute atomic E-state index is 12.8. The molecule has 1 atom stereocenters. The summed E-state index contributed by atoms with van der Waals surface area (Å²) in [5, 5.41) is 8.36. The van der Waals surface area contributed by atoms with Crippen LogP contribution in [0.5, 0.6) is 0 Å². The molecule has 4 rings (SSSR count). The van der Waals surface area contributed by atoms with Crippen LogP contribution in [-0.4, -0.2) is 40.8 Å². The van der Waals surface area contributed by atoms with Crippen LogP contribution < -0.4 is 10.6 Å². The largest absolute Gasteiger partial charge is 0.365 e. The first kappa shape index (κ1) is 18.7. The van der Waals surface area contributed by atoms with E-state index in [2.05, 4.69) is 28.3 Å². The zero-order valence-corrected chi connectivity index (χ0v) is 16.0. The number of benzene rings is 2. The Labute approximate surface area is 169 Å². The molecule has 3 aromatic rings. The van der Waals surface area contributed by atoms with E-state index in [0.717, 1.165) is 23.0 Å². The fraction of sp³-hybridized carbons (Fsp3) is 0.174. The first-order valence-electron chi connectivity index (χ1n) is 9.56. The smallest absolute Gasteiger partial charge is 0.253 e. The molecule has 2 N–H and O–H groups in total. The second-order valence-corrected chi connectivity index (χ2v) is 7.07. The van der Waals surface area contributed by atoms with Crippen molar-refractivity contribution in [1.29, 1.82) is 0 Å². The molecule has 1 fully saturated rings. The molecule has 29 heavy (non-hydrogen) atoms. The Balaban J connectivity index is 1.37. The molecule has 1 saturated heterocycles. The molecule has 1 aliphatic rings. The normalized spacial score (nSPS) is 15.9. The van der Waals surface area contributed by atoms with Crippen LogP contribution in [0.25, 0.3) is 10.8 Å². The fourth-order valence-corrected chi connectivity index (χ4v) is 3.51. The van der Waals surface area contributed by atoms with Crippen molar-refractivity contribution in [3.05, 3.63) is 79.0 Å². The number of hydrogen-bond acceptors (Lipinski definition) is 4. The number of rotatable bonds is 5. The predicted molar refractivity (Wildman–Crippen MR) is 115 cm³/mol. The molecule has 146 valence electrons. The first-order valence-corrected chi connectivity index (χ1v) is 9.56. The van der Waals surface area contributed by atoms with Gasteiger partial charge >= 0.3 is 0 Å². The van der Waals surface area contributed by atoms with Gasteiger partial charge in [-0.05, 0) is 48.2 Å². The van der Waals surface area contributed by atoms with Crippen LogP contribution in [0, 0.1) is 0 Å². The lowest BCUT2D eigenvalue weighted by atomic mass is 10.1. The Hall–Kier alpha value is -3.67. The molecule has 0 unspecified atom stereocenters. The highest BCUT2D eigenvalue weighted by atomic mass is 16.2. The Morgan fingerprint density at radius 1 is 1.10 bits per heavy atom. The Morgan fingerprint density at radius 2 is 1.86 bits per heavy atom. The summed E-state index contributed by atoms with van der Waals surface area (Å²) in [5.41, 5.74) is 1.24. The van der Waals surface area contributed by atoms with Gasteiger partial charge in [-0.2, -0.15) is 0 Å². The number of likely N-dealkylation sites (tertiary alicyclic amines) is 1. The predicted octanol–water partition coefficient (Wildman–Crippen LogP) is 3.69. The number of amides is 2. The third kappa shape index (κ3) is 4.27. The standard InChI is InChI=1S/C23H22N4O2/c1-2-22(28)26-19-9-7-16(8-10-19)23(29)27-12-11-20(15-27)25-21-13-17-5-3-4-6-18(17)14-24-21/h2-10,13-14,20H,1,11-12,15H2,(H,24,25)(H,26,28)/t20-/m1/s1. The van der Waals surface area contributed by atoms with E-state index in [1.54, 1.807) is 24.3 Å². The first-order chi connectivity index (χ1) is 14.1. The average molecular weight is 386 g/mol. The van der Waals surface area contributed by atoms with E-state index in [-0.39, 0.29) is 17.9 Å². The highest BCUT2D eigenvalue weighted by Crippen LogP contribution is 2.21. The van der Waals surface area contributed by atoms with E-state index in [9.17, 15) is 9.59 Å². The molecule has 0 saturated carbocycles. The van der Waals surface area contributed by atoms with Gasteiger partial charge in [0.15, 0.2) is 0 Å². The molecule has 1 aromatic heterocycles. The van der Waals surface area contributed by atoms with Crippen molar-refractivity contribution in [1.82, 2.24) is 9.88 Å². The molecule has 0 bridgehead atoms. The number of anilines is 2. The zero-order chi connectivity index (χ0) is 20.2. The van der Waals surface area contributed by atoms with Crippen molar-refractivity contribution < 1.29 is 9.59 Å². The van der Waals surface area contributed by atoms with Crippen LogP contribution in [0.2, 0.25) is 0 Å². The molecule has 1 aliphatic heterocycles. The SMILES string of the molecule is C=CC(=O)Nc1ccc(C(=O)N2CC[C@@H](Nc3cc4ccccc4cn3)C2)cc1. The second kappa shape index (κ2) is 8.14. The third-order valence-electron chi connectivity index (χ3n) is 5.04. The minimum atomic E-state index is -0.278. The Bertz CT molecular complexity index is 1060. The summed E-state index contributed by atoms with van der Waals surface area (Å²) in [6.07, 6.45) is 3.94. The number of carbonyl (C=O) groups excluding carboxylic acids is 2. The number of aromatic nitrogens is 1. The topological polar surface area (TPSA) is 74.3 Å². The highest BCUT2D eigenvalue weighted by molar-refractivity contribution is 5.99. The number of fused-ring (bicyclic) bond motifs is 1. The number of carbonyl (C=O) groups is 2. The molecular formula is C23H22N4O2. The van der Waals surface area contributed by atoms with Crippen molar-refractivity contribution in [3.8, 4) is 0 Å². The van der Waals surface area contributed by atoms with Crippen LogP contribution in [0.4, 0.5) is 11.5 Å². The molecule has 0 aliphatic carbocycles. The molecule has 2 heterocycles. The van der Waals surface area contributed by atoms with Gasteiger partial charge in [0.1, 0.15) is 5.82 Å². The van der Waals surface area contributed by atoms with Crippen LogP contribution in [0.3, 0.4) is 0 Å². The fourth-order valence-electron chi connectivity index (χ4n) is 3.51. The van der Waals surface area contributed by atoms with Gasteiger partial charge in [0.05, 0.1) is 0 Å². The van der Waals surface area contributed by atoms with E-state index >= 15 is 0 Å². The van der Waals surface area contributed by atoms with Gasteiger partial charge in [0, 0.05) is 42.0 Å². The molecule has 6 nitrogen and oxygen atoms in total.